The Morgan fingerprint density at radius 3 is 2.45 bits per heavy atom. The zero-order valence-corrected chi connectivity index (χ0v) is 14.9. The molecule has 0 aliphatic rings. The molecule has 0 fully saturated rings. The fourth-order valence-electron chi connectivity index (χ4n) is 2.82. The van der Waals surface area contributed by atoms with Gasteiger partial charge in [-0.1, -0.05) is 0 Å². The Hall–Kier alpha value is -3.69. The molecule has 4 aromatic rings. The maximum Gasteiger partial charge on any atom is 0.435 e. The minimum Gasteiger partial charge on any atom is -0.497 e. The van der Waals surface area contributed by atoms with Crippen LogP contribution in [0.25, 0.3) is 17.0 Å². The number of hydrogen-bond acceptors (Lipinski definition) is 5. The second-order valence-electron chi connectivity index (χ2n) is 6.03. The number of imidazole rings is 1. The molecule has 0 saturated carbocycles. The molecule has 0 unspecified atom stereocenters. The largest absolute Gasteiger partial charge is 0.497 e. The number of nitrogens with one attached hydrogen (secondary N) is 1. The van der Waals surface area contributed by atoms with Crippen LogP contribution in [-0.4, -0.2) is 26.5 Å². The Labute approximate surface area is 161 Å². The summed E-state index contributed by atoms with van der Waals surface area (Å²) >= 11 is 0. The van der Waals surface area contributed by atoms with Crippen molar-refractivity contribution < 1.29 is 22.3 Å². The standard InChI is InChI=1S/C19H13F4N5O/c1-29-13-5-3-12(4-6-13)25-15-9-24-8-14(26-15)17-18(19(21,22)23)27-16-7-2-11(20)10-28(16)17/h2-10H,1H3,(H,25,26). The number of halogens is 4. The van der Waals surface area contributed by atoms with Gasteiger partial charge in [-0.2, -0.15) is 13.2 Å². The van der Waals surface area contributed by atoms with Crippen molar-refractivity contribution in [3.63, 3.8) is 0 Å². The van der Waals surface area contributed by atoms with Gasteiger partial charge in [0.2, 0.25) is 0 Å². The van der Waals surface area contributed by atoms with Gasteiger partial charge in [-0.25, -0.2) is 14.4 Å². The average Bonchev–Trinajstić information content (AvgIpc) is 3.08. The molecule has 0 spiro atoms. The van der Waals surface area contributed by atoms with E-state index in [2.05, 4.69) is 20.3 Å². The van der Waals surface area contributed by atoms with E-state index in [4.69, 9.17) is 4.74 Å². The van der Waals surface area contributed by atoms with Crippen LogP contribution in [0.1, 0.15) is 5.69 Å². The Kier molecular flexibility index (Phi) is 4.53. The van der Waals surface area contributed by atoms with Gasteiger partial charge in [-0.15, -0.1) is 0 Å². The molecule has 0 bridgehead atoms. The van der Waals surface area contributed by atoms with Gasteiger partial charge in [0.15, 0.2) is 5.69 Å². The highest BCUT2D eigenvalue weighted by Crippen LogP contribution is 2.36. The van der Waals surface area contributed by atoms with Crippen molar-refractivity contribution in [2.45, 2.75) is 6.18 Å². The number of alkyl halides is 3. The molecule has 10 heteroatoms. The van der Waals surface area contributed by atoms with Crippen LogP contribution in [0.15, 0.2) is 55.0 Å². The lowest BCUT2D eigenvalue weighted by molar-refractivity contribution is -0.140. The van der Waals surface area contributed by atoms with Crippen LogP contribution in [0.4, 0.5) is 29.1 Å². The topological polar surface area (TPSA) is 64.3 Å². The van der Waals surface area contributed by atoms with Crippen LogP contribution in [0, 0.1) is 5.82 Å². The van der Waals surface area contributed by atoms with Crippen molar-refractivity contribution in [2.75, 3.05) is 12.4 Å². The van der Waals surface area contributed by atoms with E-state index in [0.717, 1.165) is 16.7 Å². The fraction of sp³-hybridized carbons (Fsp3) is 0.105. The molecule has 3 heterocycles. The van der Waals surface area contributed by atoms with E-state index >= 15 is 0 Å². The summed E-state index contributed by atoms with van der Waals surface area (Å²) in [5.41, 5.74) is -1.08. The molecule has 1 aromatic carbocycles. The molecule has 148 valence electrons. The Balaban J connectivity index is 1.79. The van der Waals surface area contributed by atoms with Crippen LogP contribution in [0.3, 0.4) is 0 Å². The highest BCUT2D eigenvalue weighted by molar-refractivity contribution is 5.66. The number of anilines is 2. The molecule has 0 atom stereocenters. The lowest BCUT2D eigenvalue weighted by atomic mass is 10.2. The Morgan fingerprint density at radius 1 is 1.00 bits per heavy atom. The fourth-order valence-corrected chi connectivity index (χ4v) is 2.82. The summed E-state index contributed by atoms with van der Waals surface area (Å²) in [5, 5.41) is 2.96. The predicted octanol–water partition coefficient (Wildman–Crippen LogP) is 4.70. The minimum atomic E-state index is -4.75. The summed E-state index contributed by atoms with van der Waals surface area (Å²) in [6, 6.07) is 9.08. The molecule has 3 aromatic heterocycles. The van der Waals surface area contributed by atoms with Crippen molar-refractivity contribution in [3.8, 4) is 17.1 Å². The zero-order chi connectivity index (χ0) is 20.6. The van der Waals surface area contributed by atoms with Gasteiger partial charge >= 0.3 is 6.18 Å². The number of aromatic nitrogens is 4. The summed E-state index contributed by atoms with van der Waals surface area (Å²) in [4.78, 5) is 11.8. The van der Waals surface area contributed by atoms with Crippen LogP contribution in [-0.2, 0) is 6.18 Å². The van der Waals surface area contributed by atoms with Crippen LogP contribution < -0.4 is 10.1 Å². The first-order valence-electron chi connectivity index (χ1n) is 8.33. The normalized spacial score (nSPS) is 11.6. The number of ether oxygens (including phenoxy) is 1. The number of benzene rings is 1. The number of methoxy groups -OCH3 is 1. The summed E-state index contributed by atoms with van der Waals surface area (Å²) in [6.45, 7) is 0. The highest BCUT2D eigenvalue weighted by Gasteiger charge is 2.39. The number of rotatable bonds is 4. The van der Waals surface area contributed by atoms with Crippen LogP contribution >= 0.6 is 0 Å². The zero-order valence-electron chi connectivity index (χ0n) is 14.9. The third kappa shape index (κ3) is 3.68. The van der Waals surface area contributed by atoms with E-state index in [-0.39, 0.29) is 17.2 Å². The first-order valence-corrected chi connectivity index (χ1v) is 8.33. The van der Waals surface area contributed by atoms with Gasteiger partial charge in [0.1, 0.15) is 34.4 Å². The van der Waals surface area contributed by atoms with E-state index in [9.17, 15) is 17.6 Å². The second kappa shape index (κ2) is 7.04. The van der Waals surface area contributed by atoms with Crippen molar-refractivity contribution in [1.29, 1.82) is 0 Å². The quantitative estimate of drug-likeness (QED) is 0.501. The minimum absolute atomic E-state index is 0.0518. The van der Waals surface area contributed by atoms with E-state index in [1.165, 1.54) is 25.6 Å². The average molecular weight is 403 g/mol. The van der Waals surface area contributed by atoms with Gasteiger partial charge in [-0.05, 0) is 36.4 Å². The van der Waals surface area contributed by atoms with Crippen molar-refractivity contribution in [3.05, 3.63) is 66.5 Å². The molecule has 0 radical (unpaired) electrons. The van der Waals surface area contributed by atoms with Gasteiger partial charge < -0.3 is 10.1 Å². The third-order valence-corrected chi connectivity index (χ3v) is 4.09. The van der Waals surface area contributed by atoms with Crippen molar-refractivity contribution in [1.82, 2.24) is 19.4 Å². The van der Waals surface area contributed by atoms with Gasteiger partial charge in [0, 0.05) is 11.9 Å². The maximum atomic E-state index is 13.7. The molecule has 0 aliphatic heterocycles. The van der Waals surface area contributed by atoms with E-state index in [1.807, 2.05) is 0 Å². The third-order valence-electron chi connectivity index (χ3n) is 4.09. The van der Waals surface area contributed by atoms with Crippen LogP contribution in [0.2, 0.25) is 0 Å². The Bertz CT molecular complexity index is 1170. The molecular weight excluding hydrogens is 390 g/mol. The predicted molar refractivity (Wildman–Crippen MR) is 97.5 cm³/mol. The first kappa shape index (κ1) is 18.7. The summed E-state index contributed by atoms with van der Waals surface area (Å²) in [5.74, 6) is 0.162. The number of hydrogen-bond donors (Lipinski definition) is 1. The number of fused-ring (bicyclic) bond motifs is 1. The van der Waals surface area contributed by atoms with Gasteiger partial charge in [0.25, 0.3) is 0 Å². The maximum absolute atomic E-state index is 13.7. The molecule has 1 N–H and O–H groups in total. The molecule has 6 nitrogen and oxygen atoms in total. The SMILES string of the molecule is COc1ccc(Nc2cncc(-c3c(C(F)(F)F)nc4ccc(F)cn34)n2)cc1. The number of nitrogens with zero attached hydrogens (tertiary/aromatic N) is 4. The van der Waals surface area contributed by atoms with Crippen LogP contribution in [0.5, 0.6) is 5.75 Å². The van der Waals surface area contributed by atoms with Gasteiger partial charge in [0.05, 0.1) is 19.5 Å². The molecule has 0 amide bonds. The molecular formula is C19H13F4N5O. The van der Waals surface area contributed by atoms with E-state index in [0.29, 0.717) is 11.4 Å². The molecule has 0 saturated heterocycles. The lowest BCUT2D eigenvalue weighted by Gasteiger charge is -2.10. The van der Waals surface area contributed by atoms with Gasteiger partial charge in [-0.3, -0.25) is 9.38 Å². The van der Waals surface area contributed by atoms with Crippen molar-refractivity contribution >= 4 is 17.2 Å². The summed E-state index contributed by atoms with van der Waals surface area (Å²) in [6.07, 6.45) is -1.29. The number of pyridine rings is 1. The van der Waals surface area contributed by atoms with E-state index < -0.39 is 23.4 Å². The molecule has 29 heavy (non-hydrogen) atoms. The molecule has 4 rings (SSSR count). The first-order chi connectivity index (χ1) is 13.8. The summed E-state index contributed by atoms with van der Waals surface area (Å²) < 4.78 is 60.4. The Morgan fingerprint density at radius 2 is 1.76 bits per heavy atom. The second-order valence-corrected chi connectivity index (χ2v) is 6.03. The van der Waals surface area contributed by atoms with E-state index in [1.54, 1.807) is 24.3 Å². The van der Waals surface area contributed by atoms with Crippen molar-refractivity contribution in [2.24, 2.45) is 0 Å². The highest BCUT2D eigenvalue weighted by atomic mass is 19.4. The monoisotopic (exact) mass is 403 g/mol. The summed E-state index contributed by atoms with van der Waals surface area (Å²) in [7, 11) is 1.54. The lowest BCUT2D eigenvalue weighted by Crippen LogP contribution is -2.09. The molecule has 0 aliphatic carbocycles. The smallest absolute Gasteiger partial charge is 0.435 e.